The van der Waals surface area contributed by atoms with Crippen molar-refractivity contribution < 1.29 is 14.2 Å². The van der Waals surface area contributed by atoms with Crippen molar-refractivity contribution in [2.45, 2.75) is 12.1 Å². The molecule has 0 aliphatic carbocycles. The molecule has 34 heavy (non-hydrogen) atoms. The lowest BCUT2D eigenvalue weighted by Crippen LogP contribution is -2.32. The second-order valence-electron chi connectivity index (χ2n) is 8.05. The zero-order valence-corrected chi connectivity index (χ0v) is 20.1. The molecule has 0 radical (unpaired) electrons. The van der Waals surface area contributed by atoms with E-state index in [1.807, 2.05) is 53.2 Å². The number of nitrogens with one attached hydrogen (secondary N) is 1. The van der Waals surface area contributed by atoms with Gasteiger partial charge in [0.15, 0.2) is 11.5 Å². The first-order valence-electron chi connectivity index (χ1n) is 10.8. The van der Waals surface area contributed by atoms with Crippen LogP contribution in [-0.2, 0) is 0 Å². The van der Waals surface area contributed by atoms with Gasteiger partial charge in [-0.3, -0.25) is 0 Å². The lowest BCUT2D eigenvalue weighted by molar-refractivity contribution is 0.222. The molecule has 4 aromatic rings. The van der Waals surface area contributed by atoms with Crippen molar-refractivity contribution >= 4 is 27.6 Å². The molecule has 1 aromatic heterocycles. The number of benzene rings is 3. The van der Waals surface area contributed by atoms with Gasteiger partial charge in [0.25, 0.3) is 0 Å². The minimum absolute atomic E-state index is 0.215. The Morgan fingerprint density at radius 2 is 1.71 bits per heavy atom. The largest absolute Gasteiger partial charge is 0.493 e. The minimum Gasteiger partial charge on any atom is -0.493 e. The van der Waals surface area contributed by atoms with Gasteiger partial charge in [0.1, 0.15) is 24.2 Å². The second kappa shape index (κ2) is 8.22. The van der Waals surface area contributed by atoms with E-state index in [1.54, 1.807) is 20.5 Å². The van der Waals surface area contributed by atoms with Crippen LogP contribution >= 0.6 is 15.9 Å². The summed E-state index contributed by atoms with van der Waals surface area (Å²) in [7, 11) is 3.27. The number of fused-ring (bicyclic) bond motifs is 3. The third kappa shape index (κ3) is 3.25. The Morgan fingerprint density at radius 1 is 0.941 bits per heavy atom. The summed E-state index contributed by atoms with van der Waals surface area (Å²) >= 11 is 3.55. The third-order valence-corrected chi connectivity index (χ3v) is 6.75. The van der Waals surface area contributed by atoms with Gasteiger partial charge in [-0.25, -0.2) is 4.68 Å². The van der Waals surface area contributed by atoms with Crippen LogP contribution in [0, 0.1) is 0 Å². The van der Waals surface area contributed by atoms with Crippen LogP contribution in [0.1, 0.15) is 28.8 Å². The van der Waals surface area contributed by atoms with Crippen molar-refractivity contribution in [1.29, 1.82) is 0 Å². The molecule has 0 fully saturated rings. The Bertz CT molecular complexity index is 1410. The number of rotatable bonds is 4. The molecule has 0 amide bonds. The fourth-order valence-electron chi connectivity index (χ4n) is 4.67. The van der Waals surface area contributed by atoms with Crippen LogP contribution in [0.15, 0.2) is 83.1 Å². The topological polar surface area (TPSA) is 70.4 Å². The molecular weight excluding hydrogens is 496 g/mol. The molecule has 2 aliphatic heterocycles. The van der Waals surface area contributed by atoms with E-state index in [0.717, 1.165) is 38.2 Å². The van der Waals surface area contributed by atoms with Crippen LogP contribution in [0.4, 0.5) is 5.95 Å². The van der Waals surface area contributed by atoms with E-state index in [-0.39, 0.29) is 12.1 Å². The number of anilines is 1. The maximum Gasteiger partial charge on any atom is 0.226 e. The standard InChI is InChI=1S/C26H21BrN4O3/c1-32-20-12-9-16(13-21(20)33-2)25-22-23(18-5-3-4-6-19(18)34-25)30-26-28-14-29-31(26)24(22)15-7-10-17(27)11-8-15/h3-14,24-25H,1-2H3,(H,28,29,30)/t24-,25+/m1/s1. The lowest BCUT2D eigenvalue weighted by Gasteiger charge is -2.39. The van der Waals surface area contributed by atoms with Crippen LogP contribution in [0.2, 0.25) is 0 Å². The SMILES string of the molecule is COc1ccc([C@@H]2Oc3ccccc3C3=C2[C@@H](c2ccc(Br)cc2)n2ncnc2N3)cc1OC. The van der Waals surface area contributed by atoms with Crippen molar-refractivity contribution in [3.63, 3.8) is 0 Å². The van der Waals surface area contributed by atoms with Gasteiger partial charge < -0.3 is 19.5 Å². The number of para-hydroxylation sites is 1. The highest BCUT2D eigenvalue weighted by Crippen LogP contribution is 2.51. The van der Waals surface area contributed by atoms with Gasteiger partial charge >= 0.3 is 0 Å². The van der Waals surface area contributed by atoms with Crippen LogP contribution in [0.5, 0.6) is 17.2 Å². The molecule has 3 aromatic carbocycles. The summed E-state index contributed by atoms with van der Waals surface area (Å²) < 4.78 is 20.6. The average molecular weight is 517 g/mol. The molecule has 7 nitrogen and oxygen atoms in total. The first-order valence-corrected chi connectivity index (χ1v) is 11.6. The number of methoxy groups -OCH3 is 2. The predicted octanol–water partition coefficient (Wildman–Crippen LogP) is 5.62. The zero-order valence-electron chi connectivity index (χ0n) is 18.5. The quantitative estimate of drug-likeness (QED) is 0.379. The van der Waals surface area contributed by atoms with Crippen molar-refractivity contribution in [3.05, 3.63) is 99.8 Å². The maximum absolute atomic E-state index is 6.66. The number of nitrogens with zero attached hydrogens (tertiary/aromatic N) is 3. The maximum atomic E-state index is 6.66. The van der Waals surface area contributed by atoms with Gasteiger partial charge in [-0.2, -0.15) is 10.1 Å². The molecule has 8 heteroatoms. The fraction of sp³-hybridized carbons (Fsp3) is 0.154. The van der Waals surface area contributed by atoms with Crippen LogP contribution in [0.3, 0.4) is 0 Å². The normalized spacial score (nSPS) is 18.2. The first-order chi connectivity index (χ1) is 16.7. The van der Waals surface area contributed by atoms with Gasteiger partial charge in [0.05, 0.1) is 19.9 Å². The molecule has 6 rings (SSSR count). The summed E-state index contributed by atoms with van der Waals surface area (Å²) in [4.78, 5) is 4.48. The molecule has 0 saturated carbocycles. The van der Waals surface area contributed by atoms with E-state index < -0.39 is 0 Å². The van der Waals surface area contributed by atoms with Gasteiger partial charge in [-0.05, 0) is 42.0 Å². The molecule has 2 aliphatic rings. The molecule has 0 saturated heterocycles. The molecule has 3 heterocycles. The first kappa shape index (κ1) is 20.8. The second-order valence-corrected chi connectivity index (χ2v) is 8.96. The number of ether oxygens (including phenoxy) is 3. The Hall–Kier alpha value is -3.78. The highest BCUT2D eigenvalue weighted by atomic mass is 79.9. The molecule has 0 bridgehead atoms. The summed E-state index contributed by atoms with van der Waals surface area (Å²) in [5.74, 6) is 2.81. The van der Waals surface area contributed by atoms with Crippen molar-refractivity contribution in [2.75, 3.05) is 19.5 Å². The van der Waals surface area contributed by atoms with E-state index in [9.17, 15) is 0 Å². The molecule has 2 atom stereocenters. The van der Waals surface area contributed by atoms with E-state index in [1.165, 1.54) is 0 Å². The van der Waals surface area contributed by atoms with Crippen LogP contribution < -0.4 is 19.5 Å². The molecule has 0 unspecified atom stereocenters. The number of hydrogen-bond donors (Lipinski definition) is 1. The summed E-state index contributed by atoms with van der Waals surface area (Å²) in [6.45, 7) is 0. The van der Waals surface area contributed by atoms with Crippen LogP contribution in [0.25, 0.3) is 5.70 Å². The summed E-state index contributed by atoms with van der Waals surface area (Å²) in [6.07, 6.45) is 1.19. The average Bonchev–Trinajstić information content (AvgIpc) is 3.35. The third-order valence-electron chi connectivity index (χ3n) is 6.22. The smallest absolute Gasteiger partial charge is 0.226 e. The zero-order chi connectivity index (χ0) is 23.2. The number of aromatic nitrogens is 3. The number of halogens is 1. The lowest BCUT2D eigenvalue weighted by atomic mass is 9.84. The molecule has 0 spiro atoms. The fourth-order valence-corrected chi connectivity index (χ4v) is 4.94. The van der Waals surface area contributed by atoms with Gasteiger partial charge in [-0.1, -0.05) is 46.3 Å². The highest BCUT2D eigenvalue weighted by Gasteiger charge is 2.41. The van der Waals surface area contributed by atoms with E-state index in [0.29, 0.717) is 17.4 Å². The summed E-state index contributed by atoms with van der Waals surface area (Å²) in [6, 6.07) is 22.0. The van der Waals surface area contributed by atoms with E-state index in [2.05, 4.69) is 49.5 Å². The highest BCUT2D eigenvalue weighted by molar-refractivity contribution is 9.10. The molecule has 170 valence electrons. The van der Waals surface area contributed by atoms with Gasteiger partial charge in [-0.15, -0.1) is 0 Å². The Kier molecular flexibility index (Phi) is 5.03. The monoisotopic (exact) mass is 516 g/mol. The van der Waals surface area contributed by atoms with Gasteiger partial charge in [0, 0.05) is 21.2 Å². The Morgan fingerprint density at radius 3 is 2.50 bits per heavy atom. The predicted molar refractivity (Wildman–Crippen MR) is 132 cm³/mol. The van der Waals surface area contributed by atoms with Crippen LogP contribution in [-0.4, -0.2) is 29.0 Å². The molecule has 1 N–H and O–H groups in total. The Balaban J connectivity index is 1.60. The van der Waals surface area contributed by atoms with Crippen molar-refractivity contribution in [1.82, 2.24) is 14.8 Å². The summed E-state index contributed by atoms with van der Waals surface area (Å²) in [5.41, 5.74) is 5.05. The van der Waals surface area contributed by atoms with E-state index in [4.69, 9.17) is 14.2 Å². The number of hydrogen-bond acceptors (Lipinski definition) is 6. The van der Waals surface area contributed by atoms with Crippen molar-refractivity contribution in [2.24, 2.45) is 0 Å². The Labute approximate surface area is 205 Å². The van der Waals surface area contributed by atoms with Crippen molar-refractivity contribution in [3.8, 4) is 17.2 Å². The van der Waals surface area contributed by atoms with E-state index >= 15 is 0 Å². The molecular formula is C26H21BrN4O3. The van der Waals surface area contributed by atoms with Gasteiger partial charge in [0.2, 0.25) is 5.95 Å². The minimum atomic E-state index is -0.386. The summed E-state index contributed by atoms with van der Waals surface area (Å²) in [5, 5.41) is 8.09.